The summed E-state index contributed by atoms with van der Waals surface area (Å²) in [5.74, 6) is -0.432. The molecule has 0 aliphatic heterocycles. The molecule has 0 aliphatic carbocycles. The summed E-state index contributed by atoms with van der Waals surface area (Å²) in [5, 5.41) is 0. The summed E-state index contributed by atoms with van der Waals surface area (Å²) in [5.41, 5.74) is -1.02. The third kappa shape index (κ3) is 8.53. The van der Waals surface area contributed by atoms with Crippen LogP contribution in [0.4, 0.5) is 0 Å². The quantitative estimate of drug-likeness (QED) is 0.644. The lowest BCUT2D eigenvalue weighted by atomic mass is 9.86. The Morgan fingerprint density at radius 3 is 1.14 bits per heavy atom. The van der Waals surface area contributed by atoms with Crippen LogP contribution in [0.5, 0.6) is 0 Å². The highest BCUT2D eigenvalue weighted by molar-refractivity contribution is 6.02. The van der Waals surface area contributed by atoms with Crippen molar-refractivity contribution in [3.63, 3.8) is 0 Å². The minimum Gasteiger partial charge on any atom is -0.299 e. The molecule has 0 unspecified atom stereocenters. The normalized spacial score (nSPS) is 12.1. The fourth-order valence-corrected chi connectivity index (χ4v) is 1.55. The second-order valence-corrected chi connectivity index (χ2v) is 7.63. The predicted octanol–water partition coefficient (Wildman–Crippen LogP) is 3.31. The fraction of sp³-hybridized carbons (Fsp3) is 0.765. The van der Waals surface area contributed by atoms with E-state index in [1.165, 1.54) is 0 Å². The number of rotatable bonds is 8. The van der Waals surface area contributed by atoms with Crippen LogP contribution in [-0.4, -0.2) is 23.1 Å². The lowest BCUT2D eigenvalue weighted by Crippen LogP contribution is -2.23. The largest absolute Gasteiger partial charge is 0.299 e. The molecule has 0 fully saturated rings. The fourth-order valence-electron chi connectivity index (χ4n) is 1.55. The molecule has 0 heterocycles. The van der Waals surface area contributed by atoms with E-state index >= 15 is 0 Å². The Bertz CT molecular complexity index is 379. The molecule has 0 aliphatic rings. The third-order valence-electron chi connectivity index (χ3n) is 3.30. The first kappa shape index (κ1) is 19.7. The van der Waals surface area contributed by atoms with E-state index in [4.69, 9.17) is 0 Å². The summed E-state index contributed by atoms with van der Waals surface area (Å²) in [6.45, 7) is 10.7. The van der Waals surface area contributed by atoms with Crippen LogP contribution in [0.1, 0.15) is 73.6 Å². The van der Waals surface area contributed by atoms with Crippen molar-refractivity contribution in [2.24, 2.45) is 10.8 Å². The molecular weight excluding hydrogens is 268 g/mol. The highest BCUT2D eigenvalue weighted by Crippen LogP contribution is 2.19. The molecule has 0 radical (unpaired) electrons. The van der Waals surface area contributed by atoms with Gasteiger partial charge in [-0.2, -0.15) is 0 Å². The Hall–Kier alpha value is -1.32. The monoisotopic (exact) mass is 296 g/mol. The van der Waals surface area contributed by atoms with Crippen LogP contribution in [0, 0.1) is 10.8 Å². The zero-order valence-corrected chi connectivity index (χ0v) is 14.2. The van der Waals surface area contributed by atoms with Gasteiger partial charge in [-0.1, -0.05) is 41.5 Å². The van der Waals surface area contributed by atoms with E-state index in [2.05, 4.69) is 0 Å². The third-order valence-corrected chi connectivity index (χ3v) is 3.30. The van der Waals surface area contributed by atoms with Crippen LogP contribution in [0.25, 0.3) is 0 Å². The lowest BCUT2D eigenvalue weighted by molar-refractivity contribution is -0.132. The Morgan fingerprint density at radius 1 is 0.619 bits per heavy atom. The van der Waals surface area contributed by atoms with E-state index in [1.54, 1.807) is 41.5 Å². The van der Waals surface area contributed by atoms with Gasteiger partial charge in [-0.05, 0) is 6.42 Å². The van der Waals surface area contributed by atoms with E-state index in [0.717, 1.165) is 0 Å². The van der Waals surface area contributed by atoms with Crippen LogP contribution in [0.2, 0.25) is 0 Å². The molecule has 0 bridgehead atoms. The van der Waals surface area contributed by atoms with E-state index < -0.39 is 10.8 Å². The molecule has 4 nitrogen and oxygen atoms in total. The van der Waals surface area contributed by atoms with Crippen molar-refractivity contribution in [2.45, 2.75) is 73.6 Å². The van der Waals surface area contributed by atoms with Crippen molar-refractivity contribution in [1.82, 2.24) is 0 Å². The molecule has 0 amide bonds. The van der Waals surface area contributed by atoms with E-state index in [9.17, 15) is 19.2 Å². The van der Waals surface area contributed by atoms with Crippen molar-refractivity contribution in [1.29, 1.82) is 0 Å². The topological polar surface area (TPSA) is 68.3 Å². The van der Waals surface area contributed by atoms with Crippen LogP contribution >= 0.6 is 0 Å². The van der Waals surface area contributed by atoms with E-state index in [-0.39, 0.29) is 48.8 Å². The number of Topliss-reactive ketones (excluding diaryl/α,β-unsaturated/α-hetero) is 4. The Labute approximate surface area is 127 Å². The molecule has 4 heteroatoms. The predicted molar refractivity (Wildman–Crippen MR) is 82.0 cm³/mol. The summed E-state index contributed by atoms with van der Waals surface area (Å²) >= 11 is 0. The summed E-state index contributed by atoms with van der Waals surface area (Å²) in [6, 6.07) is 0. The first-order valence-electron chi connectivity index (χ1n) is 7.44. The van der Waals surface area contributed by atoms with Gasteiger partial charge in [0.25, 0.3) is 0 Å². The SMILES string of the molecule is CC(C)(C)C(=O)CC(=O)CCCC(=O)CC(=O)C(C)(C)C. The highest BCUT2D eigenvalue weighted by Gasteiger charge is 2.24. The average molecular weight is 296 g/mol. The zero-order chi connectivity index (χ0) is 16.8. The molecule has 0 spiro atoms. The molecule has 0 rings (SSSR count). The van der Waals surface area contributed by atoms with E-state index in [0.29, 0.717) is 6.42 Å². The standard InChI is InChI=1S/C17H28O4/c1-16(2,3)14(20)10-12(18)8-7-9-13(19)11-15(21)17(4,5)6/h7-11H2,1-6H3. The molecule has 0 saturated heterocycles. The van der Waals surface area contributed by atoms with Crippen LogP contribution in [0.3, 0.4) is 0 Å². The van der Waals surface area contributed by atoms with Crippen molar-refractivity contribution in [2.75, 3.05) is 0 Å². The van der Waals surface area contributed by atoms with Crippen LogP contribution < -0.4 is 0 Å². The summed E-state index contributed by atoms with van der Waals surface area (Å²) in [6.07, 6.45) is 0.707. The Morgan fingerprint density at radius 2 is 0.905 bits per heavy atom. The average Bonchev–Trinajstić information content (AvgIpc) is 2.25. The summed E-state index contributed by atoms with van der Waals surface area (Å²) in [4.78, 5) is 46.7. The number of ketones is 4. The van der Waals surface area contributed by atoms with Gasteiger partial charge in [0.15, 0.2) is 0 Å². The van der Waals surface area contributed by atoms with Crippen molar-refractivity contribution < 1.29 is 19.2 Å². The molecular formula is C17H28O4. The lowest BCUT2D eigenvalue weighted by Gasteiger charge is -2.16. The smallest absolute Gasteiger partial charge is 0.145 e. The minimum atomic E-state index is -0.509. The van der Waals surface area contributed by atoms with Crippen LogP contribution in [0.15, 0.2) is 0 Å². The van der Waals surface area contributed by atoms with Crippen LogP contribution in [-0.2, 0) is 19.2 Å². The maximum atomic E-state index is 11.7. The highest BCUT2D eigenvalue weighted by atomic mass is 16.2. The van der Waals surface area contributed by atoms with Gasteiger partial charge in [0.1, 0.15) is 23.1 Å². The van der Waals surface area contributed by atoms with Gasteiger partial charge >= 0.3 is 0 Å². The summed E-state index contributed by atoms with van der Waals surface area (Å²) in [7, 11) is 0. The molecule has 0 saturated carbocycles. The van der Waals surface area contributed by atoms with Gasteiger partial charge in [-0.3, -0.25) is 19.2 Å². The maximum Gasteiger partial charge on any atom is 0.145 e. The Balaban J connectivity index is 4.05. The molecule has 120 valence electrons. The van der Waals surface area contributed by atoms with Gasteiger partial charge in [-0.25, -0.2) is 0 Å². The minimum absolute atomic E-state index is 0.0708. The maximum absolute atomic E-state index is 11.7. The van der Waals surface area contributed by atoms with Gasteiger partial charge in [0, 0.05) is 23.7 Å². The summed E-state index contributed by atoms with van der Waals surface area (Å²) < 4.78 is 0. The molecule has 0 atom stereocenters. The molecule has 0 aromatic carbocycles. The van der Waals surface area contributed by atoms with E-state index in [1.807, 2.05) is 0 Å². The van der Waals surface area contributed by atoms with Crippen molar-refractivity contribution >= 4 is 23.1 Å². The Kier molecular flexibility index (Phi) is 7.14. The number of hydrogen-bond acceptors (Lipinski definition) is 4. The van der Waals surface area contributed by atoms with Gasteiger partial charge in [-0.15, -0.1) is 0 Å². The van der Waals surface area contributed by atoms with Gasteiger partial charge < -0.3 is 0 Å². The second-order valence-electron chi connectivity index (χ2n) is 7.63. The molecule has 21 heavy (non-hydrogen) atoms. The van der Waals surface area contributed by atoms with Crippen molar-refractivity contribution in [3.05, 3.63) is 0 Å². The first-order valence-corrected chi connectivity index (χ1v) is 7.44. The first-order chi connectivity index (χ1) is 9.34. The second kappa shape index (κ2) is 7.62. The zero-order valence-electron chi connectivity index (χ0n) is 14.2. The van der Waals surface area contributed by atoms with Gasteiger partial charge in [0.2, 0.25) is 0 Å². The molecule has 0 aromatic heterocycles. The number of carbonyl (C=O) groups excluding carboxylic acids is 4. The molecule has 0 N–H and O–H groups in total. The van der Waals surface area contributed by atoms with Gasteiger partial charge in [0.05, 0.1) is 12.8 Å². The van der Waals surface area contributed by atoms with Crippen molar-refractivity contribution in [3.8, 4) is 0 Å². The number of hydrogen-bond donors (Lipinski definition) is 0. The number of carbonyl (C=O) groups is 4. The molecule has 0 aromatic rings.